The molecule has 124 valence electrons. The third-order valence-electron chi connectivity index (χ3n) is 4.30. The highest BCUT2D eigenvalue weighted by Crippen LogP contribution is 2.39. The van der Waals surface area contributed by atoms with Crippen LogP contribution in [0.2, 0.25) is 0 Å². The molecule has 5 heteroatoms. The Labute approximate surface area is 141 Å². The molecule has 1 N–H and O–H groups in total. The molecule has 3 rings (SSSR count). The van der Waals surface area contributed by atoms with E-state index in [0.717, 1.165) is 16.8 Å². The highest BCUT2D eigenvalue weighted by atomic mass is 16.2. The number of hydrogen-bond acceptors (Lipinski definition) is 3. The fourth-order valence-corrected chi connectivity index (χ4v) is 3.09. The summed E-state index contributed by atoms with van der Waals surface area (Å²) < 4.78 is 0. The molecule has 2 amide bonds. The van der Waals surface area contributed by atoms with Gasteiger partial charge in [-0.3, -0.25) is 9.59 Å². The van der Waals surface area contributed by atoms with E-state index >= 15 is 0 Å². The molecule has 24 heavy (non-hydrogen) atoms. The number of carbonyl (C=O) groups excluding carboxylic acids is 2. The maximum atomic E-state index is 12.5. The summed E-state index contributed by atoms with van der Waals surface area (Å²) in [5, 5.41) is 2.76. The average Bonchev–Trinajstić information content (AvgIpc) is 2.51. The van der Waals surface area contributed by atoms with Crippen molar-refractivity contribution in [3.63, 3.8) is 0 Å². The highest BCUT2D eigenvalue weighted by Gasteiger charge is 2.36. The summed E-state index contributed by atoms with van der Waals surface area (Å²) in [7, 11) is 0. The van der Waals surface area contributed by atoms with Gasteiger partial charge in [0.05, 0.1) is 0 Å². The zero-order valence-electron chi connectivity index (χ0n) is 14.2. The summed E-state index contributed by atoms with van der Waals surface area (Å²) in [6.07, 6.45) is 2.04. The van der Waals surface area contributed by atoms with Crippen molar-refractivity contribution >= 4 is 23.3 Å². The molecule has 1 aliphatic rings. The minimum absolute atomic E-state index is 0.0124. The second kappa shape index (κ2) is 6.07. The van der Waals surface area contributed by atoms with Gasteiger partial charge < -0.3 is 10.2 Å². The van der Waals surface area contributed by atoms with E-state index in [-0.39, 0.29) is 23.8 Å². The lowest BCUT2D eigenvalue weighted by atomic mass is 9.77. The minimum Gasteiger partial charge on any atom is -0.309 e. The standard InChI is InChI=1S/C19H21N3O2/c1-13-8-9-20-16(10-13)21-17(23)12-22-15-7-5-4-6-14(15)19(2,3)11-18(22)24/h4-10H,11-12H2,1-3H3,(H,20,21,23). The van der Waals surface area contributed by atoms with Crippen molar-refractivity contribution < 1.29 is 9.59 Å². The molecule has 1 aromatic carbocycles. The van der Waals surface area contributed by atoms with Crippen LogP contribution in [0.1, 0.15) is 31.4 Å². The molecule has 0 bridgehead atoms. The monoisotopic (exact) mass is 323 g/mol. The third-order valence-corrected chi connectivity index (χ3v) is 4.30. The fraction of sp³-hybridized carbons (Fsp3) is 0.316. The number of amides is 2. The van der Waals surface area contributed by atoms with Crippen molar-refractivity contribution in [3.8, 4) is 0 Å². The van der Waals surface area contributed by atoms with E-state index in [1.54, 1.807) is 17.2 Å². The normalized spacial score (nSPS) is 15.8. The Bertz CT molecular complexity index is 799. The van der Waals surface area contributed by atoms with Crippen molar-refractivity contribution in [2.75, 3.05) is 16.8 Å². The first-order chi connectivity index (χ1) is 11.4. The predicted molar refractivity (Wildman–Crippen MR) is 94.0 cm³/mol. The SMILES string of the molecule is Cc1ccnc(NC(=O)CN2C(=O)CC(C)(C)c3ccccc32)c1. The molecule has 0 radical (unpaired) electrons. The van der Waals surface area contributed by atoms with Gasteiger partial charge in [0.1, 0.15) is 12.4 Å². The van der Waals surface area contributed by atoms with E-state index in [4.69, 9.17) is 0 Å². The van der Waals surface area contributed by atoms with Gasteiger partial charge in [0, 0.05) is 23.7 Å². The molecule has 0 saturated heterocycles. The molecule has 1 aromatic heterocycles. The molecule has 0 saturated carbocycles. The number of pyridine rings is 1. The van der Waals surface area contributed by atoms with Gasteiger partial charge in [-0.1, -0.05) is 32.0 Å². The van der Waals surface area contributed by atoms with Crippen LogP contribution in [-0.2, 0) is 15.0 Å². The number of benzene rings is 1. The molecule has 5 nitrogen and oxygen atoms in total. The van der Waals surface area contributed by atoms with Crippen LogP contribution in [0.15, 0.2) is 42.6 Å². The summed E-state index contributed by atoms with van der Waals surface area (Å²) in [6.45, 7) is 6.03. The summed E-state index contributed by atoms with van der Waals surface area (Å²) in [4.78, 5) is 30.6. The number of carbonyl (C=O) groups is 2. The van der Waals surface area contributed by atoms with E-state index in [0.29, 0.717) is 12.2 Å². The molecule has 0 unspecified atom stereocenters. The van der Waals surface area contributed by atoms with E-state index in [2.05, 4.69) is 24.1 Å². The number of nitrogens with zero attached hydrogens (tertiary/aromatic N) is 2. The molecule has 0 fully saturated rings. The first-order valence-electron chi connectivity index (χ1n) is 7.99. The zero-order valence-corrected chi connectivity index (χ0v) is 14.2. The van der Waals surface area contributed by atoms with E-state index in [1.165, 1.54) is 0 Å². The van der Waals surface area contributed by atoms with Crippen molar-refractivity contribution in [2.24, 2.45) is 0 Å². The number of para-hydroxylation sites is 1. The van der Waals surface area contributed by atoms with Crippen LogP contribution in [0.3, 0.4) is 0 Å². The van der Waals surface area contributed by atoms with Crippen molar-refractivity contribution in [1.82, 2.24) is 4.98 Å². The van der Waals surface area contributed by atoms with Crippen LogP contribution in [0, 0.1) is 6.92 Å². The largest absolute Gasteiger partial charge is 0.309 e. The molecule has 0 aliphatic carbocycles. The van der Waals surface area contributed by atoms with E-state index < -0.39 is 0 Å². The lowest BCUT2D eigenvalue weighted by molar-refractivity contribution is -0.122. The van der Waals surface area contributed by atoms with Crippen molar-refractivity contribution in [1.29, 1.82) is 0 Å². The van der Waals surface area contributed by atoms with Crippen LogP contribution >= 0.6 is 0 Å². The van der Waals surface area contributed by atoms with Crippen LogP contribution < -0.4 is 10.2 Å². The molecule has 0 atom stereocenters. The average molecular weight is 323 g/mol. The maximum absolute atomic E-state index is 12.5. The Hall–Kier alpha value is -2.69. The summed E-state index contributed by atoms with van der Waals surface area (Å²) >= 11 is 0. The first-order valence-corrected chi connectivity index (χ1v) is 7.99. The highest BCUT2D eigenvalue weighted by molar-refractivity contribution is 6.04. The molecule has 2 aromatic rings. The smallest absolute Gasteiger partial charge is 0.245 e. The Kier molecular flexibility index (Phi) is 4.09. The number of fused-ring (bicyclic) bond motifs is 1. The van der Waals surface area contributed by atoms with Crippen LogP contribution in [0.5, 0.6) is 0 Å². The summed E-state index contributed by atoms with van der Waals surface area (Å²) in [6, 6.07) is 11.4. The Morgan fingerprint density at radius 3 is 2.79 bits per heavy atom. The summed E-state index contributed by atoms with van der Waals surface area (Å²) in [5.41, 5.74) is 2.69. The Morgan fingerprint density at radius 2 is 2.04 bits per heavy atom. The topological polar surface area (TPSA) is 62.3 Å². The third kappa shape index (κ3) is 3.15. The molecule has 0 spiro atoms. The molecule has 1 aliphatic heterocycles. The fourth-order valence-electron chi connectivity index (χ4n) is 3.09. The lowest BCUT2D eigenvalue weighted by Crippen LogP contribution is -2.45. The second-order valence-electron chi connectivity index (χ2n) is 6.82. The number of nitrogens with one attached hydrogen (secondary N) is 1. The van der Waals surface area contributed by atoms with Gasteiger partial charge in [0.2, 0.25) is 11.8 Å². The van der Waals surface area contributed by atoms with Crippen LogP contribution in [0.25, 0.3) is 0 Å². The van der Waals surface area contributed by atoms with Crippen LogP contribution in [-0.4, -0.2) is 23.3 Å². The summed E-state index contributed by atoms with van der Waals surface area (Å²) in [5.74, 6) is 0.208. The van der Waals surface area contributed by atoms with Crippen molar-refractivity contribution in [3.05, 3.63) is 53.7 Å². The quantitative estimate of drug-likeness (QED) is 0.944. The van der Waals surface area contributed by atoms with Gasteiger partial charge >= 0.3 is 0 Å². The maximum Gasteiger partial charge on any atom is 0.245 e. The zero-order chi connectivity index (χ0) is 17.3. The minimum atomic E-state index is -0.254. The molecular weight excluding hydrogens is 302 g/mol. The van der Waals surface area contributed by atoms with Gasteiger partial charge in [-0.2, -0.15) is 0 Å². The second-order valence-corrected chi connectivity index (χ2v) is 6.82. The number of aromatic nitrogens is 1. The number of aryl methyl sites for hydroxylation is 1. The van der Waals surface area contributed by atoms with Gasteiger partial charge in [-0.05, 0) is 36.2 Å². The predicted octanol–water partition coefficient (Wildman–Crippen LogP) is 3.04. The van der Waals surface area contributed by atoms with Crippen molar-refractivity contribution in [2.45, 2.75) is 32.6 Å². The lowest BCUT2D eigenvalue weighted by Gasteiger charge is -2.38. The van der Waals surface area contributed by atoms with Gasteiger partial charge in [-0.15, -0.1) is 0 Å². The Balaban J connectivity index is 1.82. The molecular formula is C19H21N3O2. The van der Waals surface area contributed by atoms with E-state index in [9.17, 15) is 9.59 Å². The molecule has 2 heterocycles. The van der Waals surface area contributed by atoms with Gasteiger partial charge in [0.15, 0.2) is 0 Å². The first kappa shape index (κ1) is 16.2. The Morgan fingerprint density at radius 1 is 1.29 bits per heavy atom. The number of hydrogen-bond donors (Lipinski definition) is 1. The van der Waals surface area contributed by atoms with E-state index in [1.807, 2.05) is 37.3 Å². The van der Waals surface area contributed by atoms with Crippen LogP contribution in [0.4, 0.5) is 11.5 Å². The van der Waals surface area contributed by atoms with Gasteiger partial charge in [-0.25, -0.2) is 4.98 Å². The number of rotatable bonds is 3. The number of anilines is 2. The van der Waals surface area contributed by atoms with Gasteiger partial charge in [0.25, 0.3) is 0 Å².